The Morgan fingerprint density at radius 2 is 2.24 bits per heavy atom. The molecule has 1 amide bonds. The minimum Gasteiger partial charge on any atom is -0.395 e. The number of methoxy groups -OCH3 is 1. The van der Waals surface area contributed by atoms with Crippen molar-refractivity contribution in [2.75, 3.05) is 33.4 Å². The van der Waals surface area contributed by atoms with Gasteiger partial charge in [0, 0.05) is 32.8 Å². The molecule has 0 spiro atoms. The summed E-state index contributed by atoms with van der Waals surface area (Å²) in [5.74, 6) is -0.345. The second kappa shape index (κ2) is 8.38. The first-order valence-corrected chi connectivity index (χ1v) is 6.78. The fourth-order valence-corrected chi connectivity index (χ4v) is 2.00. The van der Waals surface area contributed by atoms with Crippen LogP contribution in [0.3, 0.4) is 0 Å². The van der Waals surface area contributed by atoms with Gasteiger partial charge in [-0.3, -0.25) is 14.9 Å². The number of nitro groups is 1. The third-order valence-electron chi connectivity index (χ3n) is 3.00. The topological polar surface area (TPSA) is 97.8 Å². The van der Waals surface area contributed by atoms with E-state index >= 15 is 0 Å². The highest BCUT2D eigenvalue weighted by molar-refractivity contribution is 5.93. The Kier molecular flexibility index (Phi) is 6.83. The van der Waals surface area contributed by atoms with Gasteiger partial charge in [-0.1, -0.05) is 6.92 Å². The Morgan fingerprint density at radius 3 is 2.76 bits per heavy atom. The Bertz CT molecular complexity index is 486. The van der Waals surface area contributed by atoms with Gasteiger partial charge in [-0.25, -0.2) is 0 Å². The summed E-state index contributed by atoms with van der Waals surface area (Å²) in [4.78, 5) is 24.3. The lowest BCUT2D eigenvalue weighted by Crippen LogP contribution is -2.37. The highest BCUT2D eigenvalue weighted by Crippen LogP contribution is 2.18. The second-order valence-corrected chi connectivity index (χ2v) is 4.54. The van der Waals surface area contributed by atoms with E-state index in [1.807, 2.05) is 6.92 Å². The van der Waals surface area contributed by atoms with E-state index in [4.69, 9.17) is 9.84 Å². The fourth-order valence-electron chi connectivity index (χ4n) is 2.00. The molecule has 8 nitrogen and oxygen atoms in total. The van der Waals surface area contributed by atoms with Crippen LogP contribution in [0.4, 0.5) is 5.69 Å². The van der Waals surface area contributed by atoms with Crippen LogP contribution in [0.25, 0.3) is 0 Å². The first-order valence-electron chi connectivity index (χ1n) is 6.78. The average Bonchev–Trinajstić information content (AvgIpc) is 2.87. The van der Waals surface area contributed by atoms with Gasteiger partial charge in [-0.15, -0.1) is 0 Å². The SMILES string of the molecule is CCCn1cc([N+](=O)[O-])cc1C(=O)N(CCO)CCOC. The zero-order chi connectivity index (χ0) is 15.8. The van der Waals surface area contributed by atoms with E-state index in [9.17, 15) is 14.9 Å². The molecule has 1 heterocycles. The van der Waals surface area contributed by atoms with Gasteiger partial charge in [0.15, 0.2) is 0 Å². The number of rotatable bonds is 9. The van der Waals surface area contributed by atoms with Crippen LogP contribution >= 0.6 is 0 Å². The smallest absolute Gasteiger partial charge is 0.287 e. The van der Waals surface area contributed by atoms with Gasteiger partial charge in [0.1, 0.15) is 5.69 Å². The predicted molar refractivity (Wildman–Crippen MR) is 76.2 cm³/mol. The van der Waals surface area contributed by atoms with Gasteiger partial charge in [0.25, 0.3) is 11.6 Å². The maximum atomic E-state index is 12.5. The molecular formula is C13H21N3O5. The predicted octanol–water partition coefficient (Wildman–Crippen LogP) is 0.887. The van der Waals surface area contributed by atoms with Crippen molar-refractivity contribution in [3.8, 4) is 0 Å². The van der Waals surface area contributed by atoms with E-state index in [0.29, 0.717) is 19.7 Å². The van der Waals surface area contributed by atoms with E-state index in [1.165, 1.54) is 24.3 Å². The molecule has 118 valence electrons. The first kappa shape index (κ1) is 17.1. The molecule has 0 aliphatic rings. The van der Waals surface area contributed by atoms with Gasteiger partial charge in [-0.2, -0.15) is 0 Å². The van der Waals surface area contributed by atoms with Crippen LogP contribution in [0, 0.1) is 10.1 Å². The van der Waals surface area contributed by atoms with Crippen molar-refractivity contribution in [2.45, 2.75) is 19.9 Å². The van der Waals surface area contributed by atoms with Crippen LogP contribution in [0.2, 0.25) is 0 Å². The molecule has 0 radical (unpaired) electrons. The number of aromatic nitrogens is 1. The third kappa shape index (κ3) is 4.54. The van der Waals surface area contributed by atoms with Gasteiger partial charge in [-0.05, 0) is 6.42 Å². The molecule has 21 heavy (non-hydrogen) atoms. The third-order valence-corrected chi connectivity index (χ3v) is 3.00. The molecule has 0 saturated carbocycles. The Morgan fingerprint density at radius 1 is 1.52 bits per heavy atom. The molecule has 0 atom stereocenters. The van der Waals surface area contributed by atoms with Gasteiger partial charge < -0.3 is 19.3 Å². The second-order valence-electron chi connectivity index (χ2n) is 4.54. The molecule has 1 rings (SSSR count). The summed E-state index contributed by atoms with van der Waals surface area (Å²) in [5, 5.41) is 19.9. The number of carbonyl (C=O) groups excluding carboxylic acids is 1. The summed E-state index contributed by atoms with van der Waals surface area (Å²) < 4.78 is 6.52. The van der Waals surface area contributed by atoms with E-state index in [0.717, 1.165) is 6.42 Å². The molecule has 8 heteroatoms. The fraction of sp³-hybridized carbons (Fsp3) is 0.615. The molecule has 1 aromatic rings. The minimum absolute atomic E-state index is 0.109. The van der Waals surface area contributed by atoms with Crippen molar-refractivity contribution < 1.29 is 19.6 Å². The molecular weight excluding hydrogens is 278 g/mol. The van der Waals surface area contributed by atoms with Crippen LogP contribution in [0.15, 0.2) is 12.3 Å². The van der Waals surface area contributed by atoms with Crippen LogP contribution in [-0.2, 0) is 11.3 Å². The molecule has 0 unspecified atom stereocenters. The molecule has 0 aromatic carbocycles. The lowest BCUT2D eigenvalue weighted by atomic mass is 10.3. The molecule has 0 aliphatic carbocycles. The minimum atomic E-state index is -0.519. The van der Waals surface area contributed by atoms with Crippen molar-refractivity contribution in [3.63, 3.8) is 0 Å². The van der Waals surface area contributed by atoms with Crippen molar-refractivity contribution in [3.05, 3.63) is 28.1 Å². The Labute approximate surface area is 123 Å². The summed E-state index contributed by atoms with van der Waals surface area (Å²) in [6, 6.07) is 1.27. The average molecular weight is 299 g/mol. The largest absolute Gasteiger partial charge is 0.395 e. The number of ether oxygens (including phenoxy) is 1. The van der Waals surface area contributed by atoms with Crippen LogP contribution in [0.1, 0.15) is 23.8 Å². The van der Waals surface area contributed by atoms with E-state index in [2.05, 4.69) is 0 Å². The quantitative estimate of drug-likeness (QED) is 0.539. The zero-order valence-electron chi connectivity index (χ0n) is 12.3. The highest BCUT2D eigenvalue weighted by atomic mass is 16.6. The van der Waals surface area contributed by atoms with Crippen LogP contribution in [-0.4, -0.2) is 58.8 Å². The van der Waals surface area contributed by atoms with Crippen molar-refractivity contribution in [2.24, 2.45) is 0 Å². The number of carbonyl (C=O) groups is 1. The van der Waals surface area contributed by atoms with Gasteiger partial charge >= 0.3 is 0 Å². The van der Waals surface area contributed by atoms with Gasteiger partial charge in [0.2, 0.25) is 0 Å². The lowest BCUT2D eigenvalue weighted by Gasteiger charge is -2.21. The Hall–Kier alpha value is -1.93. The lowest BCUT2D eigenvalue weighted by molar-refractivity contribution is -0.384. The summed E-state index contributed by atoms with van der Waals surface area (Å²) >= 11 is 0. The normalized spacial score (nSPS) is 10.6. The number of amides is 1. The molecule has 0 aliphatic heterocycles. The number of aliphatic hydroxyl groups is 1. The van der Waals surface area contributed by atoms with Crippen molar-refractivity contribution in [1.82, 2.24) is 9.47 Å². The summed E-state index contributed by atoms with van der Waals surface area (Å²) in [5.41, 5.74) is 0.149. The molecule has 0 bridgehead atoms. The van der Waals surface area contributed by atoms with Crippen molar-refractivity contribution >= 4 is 11.6 Å². The maximum Gasteiger partial charge on any atom is 0.287 e. The molecule has 0 fully saturated rings. The number of aryl methyl sites for hydroxylation is 1. The highest BCUT2D eigenvalue weighted by Gasteiger charge is 2.23. The number of hydrogen-bond acceptors (Lipinski definition) is 5. The number of hydrogen-bond donors (Lipinski definition) is 1. The van der Waals surface area contributed by atoms with Crippen LogP contribution < -0.4 is 0 Å². The molecule has 1 N–H and O–H groups in total. The summed E-state index contributed by atoms with van der Waals surface area (Å²) in [6.45, 7) is 3.09. The maximum absolute atomic E-state index is 12.5. The van der Waals surface area contributed by atoms with Crippen LogP contribution in [0.5, 0.6) is 0 Å². The first-order chi connectivity index (χ1) is 10.0. The van der Waals surface area contributed by atoms with E-state index in [-0.39, 0.29) is 30.4 Å². The number of aliphatic hydroxyl groups excluding tert-OH is 1. The molecule has 0 saturated heterocycles. The van der Waals surface area contributed by atoms with E-state index < -0.39 is 4.92 Å². The van der Waals surface area contributed by atoms with Crippen molar-refractivity contribution in [1.29, 1.82) is 0 Å². The summed E-state index contributed by atoms with van der Waals surface area (Å²) in [7, 11) is 1.52. The zero-order valence-corrected chi connectivity index (χ0v) is 12.3. The monoisotopic (exact) mass is 299 g/mol. The standard InChI is InChI=1S/C13H21N3O5/c1-3-4-15-10-11(16(19)20)9-12(15)13(18)14(5-7-17)6-8-21-2/h9-10,17H,3-8H2,1-2H3. The Balaban J connectivity index is 3.03. The number of nitrogens with zero attached hydrogens (tertiary/aromatic N) is 3. The van der Waals surface area contributed by atoms with E-state index in [1.54, 1.807) is 4.57 Å². The molecule has 1 aromatic heterocycles. The van der Waals surface area contributed by atoms with Gasteiger partial charge in [0.05, 0.1) is 24.3 Å². The summed E-state index contributed by atoms with van der Waals surface area (Å²) in [6.07, 6.45) is 2.12.